The van der Waals surface area contributed by atoms with E-state index >= 15 is 0 Å². The molecule has 0 aliphatic rings. The number of carbonyl (C=O) groups is 2. The molecule has 72 heavy (non-hydrogen) atoms. The summed E-state index contributed by atoms with van der Waals surface area (Å²) in [6, 6.07) is -0.624. The second kappa shape index (κ2) is 61.9. The smallest absolute Gasteiger partial charge is 0.305 e. The number of aliphatic hydroxyl groups is 2. The average Bonchev–Trinajstić information content (AvgIpc) is 3.38. The van der Waals surface area contributed by atoms with Crippen molar-refractivity contribution in [1.29, 1.82) is 0 Å². The zero-order valence-corrected chi connectivity index (χ0v) is 48.7. The first kappa shape index (κ1) is 70.3. The molecule has 0 aliphatic carbocycles. The first-order valence-electron chi connectivity index (χ1n) is 32.6. The van der Waals surface area contributed by atoms with E-state index in [9.17, 15) is 19.8 Å². The molecule has 0 aromatic carbocycles. The molecule has 0 aliphatic heterocycles. The number of carbonyl (C=O) groups excluding carboxylic acids is 2. The van der Waals surface area contributed by atoms with Gasteiger partial charge in [0.15, 0.2) is 0 Å². The number of ether oxygens (including phenoxy) is 1. The molecule has 6 heteroatoms. The van der Waals surface area contributed by atoms with Crippen LogP contribution in [0.15, 0.2) is 24.3 Å². The maximum absolute atomic E-state index is 12.4. The van der Waals surface area contributed by atoms with Crippen LogP contribution in [0.25, 0.3) is 0 Å². The molecular weight excluding hydrogens is 887 g/mol. The summed E-state index contributed by atoms with van der Waals surface area (Å²) < 4.78 is 5.49. The van der Waals surface area contributed by atoms with Gasteiger partial charge in [-0.2, -0.15) is 0 Å². The number of nitrogens with one attached hydrogen (secondary N) is 1. The standard InChI is InChI=1S/C66H127NO5/c1-3-5-7-9-11-13-15-17-32-36-40-44-48-52-56-60-66(71)72-61-57-53-49-45-41-37-34-31-29-27-25-23-21-19-18-20-22-24-26-28-30-33-35-39-43-47-51-55-59-65(70)67-63(62-68)64(69)58-54-50-46-42-38-16-14-12-10-8-6-4-2/h17,32,54,58,63-64,68-69H,3-16,18-31,33-53,55-57,59-62H2,1-2H3,(H,67,70)/b32-17-,58-54+. The first-order chi connectivity index (χ1) is 35.5. The number of hydrogen-bond donors (Lipinski definition) is 3. The van der Waals surface area contributed by atoms with Crippen LogP contribution in [0.2, 0.25) is 0 Å². The molecule has 0 rings (SSSR count). The Morgan fingerprint density at radius 1 is 0.375 bits per heavy atom. The fraction of sp³-hybridized carbons (Fsp3) is 0.909. The van der Waals surface area contributed by atoms with Crippen LogP contribution >= 0.6 is 0 Å². The van der Waals surface area contributed by atoms with E-state index in [2.05, 4.69) is 31.3 Å². The molecule has 2 atom stereocenters. The zero-order chi connectivity index (χ0) is 52.2. The largest absolute Gasteiger partial charge is 0.466 e. The van der Waals surface area contributed by atoms with E-state index in [0.717, 1.165) is 44.9 Å². The van der Waals surface area contributed by atoms with E-state index in [0.29, 0.717) is 19.4 Å². The van der Waals surface area contributed by atoms with Gasteiger partial charge in [0.2, 0.25) is 5.91 Å². The van der Waals surface area contributed by atoms with Crippen LogP contribution in [0.5, 0.6) is 0 Å². The summed E-state index contributed by atoms with van der Waals surface area (Å²) in [5.74, 6) is -0.0534. The highest BCUT2D eigenvalue weighted by molar-refractivity contribution is 5.76. The molecule has 2 unspecified atom stereocenters. The molecule has 0 saturated heterocycles. The minimum Gasteiger partial charge on any atom is -0.466 e. The van der Waals surface area contributed by atoms with Crippen molar-refractivity contribution in [3.8, 4) is 0 Å². The molecule has 0 heterocycles. The van der Waals surface area contributed by atoms with Crippen LogP contribution in [-0.4, -0.2) is 47.4 Å². The molecule has 0 radical (unpaired) electrons. The van der Waals surface area contributed by atoms with Crippen molar-refractivity contribution >= 4 is 11.9 Å². The molecule has 0 bridgehead atoms. The quantitative estimate of drug-likeness (QED) is 0.0320. The second-order valence-electron chi connectivity index (χ2n) is 22.5. The SMILES string of the molecule is CCCCCCCC/C=C\CCCCCCCC(=O)OCCCCCCCCCCCCCCCCCCCCCCCCCCCCCCC(=O)NC(CO)C(O)/C=C/CCCCCCCCCCCC. The van der Waals surface area contributed by atoms with E-state index in [4.69, 9.17) is 4.74 Å². The average molecular weight is 1010 g/mol. The van der Waals surface area contributed by atoms with Gasteiger partial charge in [-0.1, -0.05) is 314 Å². The van der Waals surface area contributed by atoms with Crippen molar-refractivity contribution in [1.82, 2.24) is 5.32 Å². The highest BCUT2D eigenvalue weighted by Gasteiger charge is 2.18. The molecule has 0 aromatic rings. The fourth-order valence-corrected chi connectivity index (χ4v) is 10.2. The summed E-state index contributed by atoms with van der Waals surface area (Å²) in [7, 11) is 0. The van der Waals surface area contributed by atoms with Gasteiger partial charge in [-0.25, -0.2) is 0 Å². The van der Waals surface area contributed by atoms with Crippen LogP contribution in [-0.2, 0) is 14.3 Å². The first-order valence-corrected chi connectivity index (χ1v) is 32.6. The lowest BCUT2D eigenvalue weighted by Gasteiger charge is -2.20. The fourth-order valence-electron chi connectivity index (χ4n) is 10.2. The Morgan fingerprint density at radius 3 is 0.986 bits per heavy atom. The van der Waals surface area contributed by atoms with Crippen molar-refractivity contribution in [2.75, 3.05) is 13.2 Å². The lowest BCUT2D eigenvalue weighted by atomic mass is 10.0. The summed E-state index contributed by atoms with van der Waals surface area (Å²) in [5, 5.41) is 23.1. The monoisotopic (exact) mass is 1010 g/mol. The Hall–Kier alpha value is -1.66. The highest BCUT2D eigenvalue weighted by atomic mass is 16.5. The van der Waals surface area contributed by atoms with E-state index in [1.807, 2.05) is 6.08 Å². The van der Waals surface area contributed by atoms with Gasteiger partial charge >= 0.3 is 5.97 Å². The van der Waals surface area contributed by atoms with Gasteiger partial charge in [0.1, 0.15) is 0 Å². The normalized spacial score (nSPS) is 12.7. The molecule has 0 spiro atoms. The molecule has 0 saturated carbocycles. The third-order valence-electron chi connectivity index (χ3n) is 15.2. The highest BCUT2D eigenvalue weighted by Crippen LogP contribution is 2.18. The number of rotatable bonds is 61. The van der Waals surface area contributed by atoms with Crippen LogP contribution in [0, 0.1) is 0 Å². The van der Waals surface area contributed by atoms with Crippen LogP contribution < -0.4 is 5.32 Å². The van der Waals surface area contributed by atoms with Crippen molar-refractivity contribution in [3.63, 3.8) is 0 Å². The van der Waals surface area contributed by atoms with E-state index in [1.165, 1.54) is 289 Å². The summed E-state index contributed by atoms with van der Waals surface area (Å²) in [5.41, 5.74) is 0. The van der Waals surface area contributed by atoms with Gasteiger partial charge in [-0.05, 0) is 57.8 Å². The predicted octanol–water partition coefficient (Wildman–Crippen LogP) is 20.6. The van der Waals surface area contributed by atoms with E-state index in [1.54, 1.807) is 6.08 Å². The molecule has 0 fully saturated rings. The predicted molar refractivity (Wildman–Crippen MR) is 315 cm³/mol. The molecule has 426 valence electrons. The van der Waals surface area contributed by atoms with Crippen LogP contribution in [0.4, 0.5) is 0 Å². The second-order valence-corrected chi connectivity index (χ2v) is 22.5. The Labute approximate surface area is 450 Å². The number of hydrogen-bond acceptors (Lipinski definition) is 5. The van der Waals surface area contributed by atoms with E-state index < -0.39 is 12.1 Å². The summed E-state index contributed by atoms with van der Waals surface area (Å²) in [6.45, 7) is 4.91. The summed E-state index contributed by atoms with van der Waals surface area (Å²) >= 11 is 0. The Kier molecular flexibility index (Phi) is 60.5. The summed E-state index contributed by atoms with van der Waals surface area (Å²) in [6.07, 6.45) is 76.7. The van der Waals surface area contributed by atoms with Crippen molar-refractivity contribution in [2.45, 2.75) is 373 Å². The van der Waals surface area contributed by atoms with Gasteiger partial charge < -0.3 is 20.3 Å². The molecule has 6 nitrogen and oxygen atoms in total. The molecular formula is C66H127NO5. The molecule has 0 aromatic heterocycles. The van der Waals surface area contributed by atoms with Crippen molar-refractivity contribution in [2.24, 2.45) is 0 Å². The maximum Gasteiger partial charge on any atom is 0.305 e. The van der Waals surface area contributed by atoms with Crippen LogP contribution in [0.3, 0.4) is 0 Å². The lowest BCUT2D eigenvalue weighted by molar-refractivity contribution is -0.143. The van der Waals surface area contributed by atoms with Crippen molar-refractivity contribution in [3.05, 3.63) is 24.3 Å². The Bertz CT molecular complexity index is 1120. The van der Waals surface area contributed by atoms with Crippen LogP contribution in [0.1, 0.15) is 361 Å². The van der Waals surface area contributed by atoms with Gasteiger partial charge in [0.25, 0.3) is 0 Å². The molecule has 3 N–H and O–H groups in total. The van der Waals surface area contributed by atoms with Gasteiger partial charge in [-0.3, -0.25) is 9.59 Å². The minimum absolute atomic E-state index is 0.0108. The summed E-state index contributed by atoms with van der Waals surface area (Å²) in [4.78, 5) is 24.5. The van der Waals surface area contributed by atoms with Gasteiger partial charge in [0, 0.05) is 12.8 Å². The van der Waals surface area contributed by atoms with Gasteiger partial charge in [0.05, 0.1) is 25.4 Å². The number of unbranched alkanes of at least 4 members (excludes halogenated alkanes) is 48. The van der Waals surface area contributed by atoms with Gasteiger partial charge in [-0.15, -0.1) is 0 Å². The number of allylic oxidation sites excluding steroid dienone is 3. The topological polar surface area (TPSA) is 95.9 Å². The lowest BCUT2D eigenvalue weighted by Crippen LogP contribution is -2.45. The number of amides is 1. The zero-order valence-electron chi connectivity index (χ0n) is 48.7. The third-order valence-corrected chi connectivity index (χ3v) is 15.2. The third kappa shape index (κ3) is 57.6. The Balaban J connectivity index is 3.34. The van der Waals surface area contributed by atoms with E-state index in [-0.39, 0.29) is 18.5 Å². The number of aliphatic hydroxyl groups excluding tert-OH is 2. The minimum atomic E-state index is -0.841. The van der Waals surface area contributed by atoms with Crippen molar-refractivity contribution < 1.29 is 24.5 Å². The molecule has 1 amide bonds. The Morgan fingerprint density at radius 2 is 0.653 bits per heavy atom. The maximum atomic E-state index is 12.4. The number of esters is 1.